The van der Waals surface area contributed by atoms with Crippen molar-refractivity contribution in [3.8, 4) is 0 Å². The van der Waals surface area contributed by atoms with Crippen LogP contribution in [0.4, 0.5) is 0 Å². The topological polar surface area (TPSA) is 58.5 Å². The van der Waals surface area contributed by atoms with Crippen LogP contribution in [-0.2, 0) is 16.4 Å². The third-order valence-electron chi connectivity index (χ3n) is 2.77. The SMILES string of the molecule is Cc1ccc(S(=O)(=O)N/N=C\Cc2ccccc2)cc1. The molecule has 20 heavy (non-hydrogen) atoms. The highest BCUT2D eigenvalue weighted by atomic mass is 32.2. The molecule has 2 aromatic carbocycles. The van der Waals surface area contributed by atoms with E-state index in [0.29, 0.717) is 6.42 Å². The fourth-order valence-electron chi connectivity index (χ4n) is 1.64. The summed E-state index contributed by atoms with van der Waals surface area (Å²) in [4.78, 5) is 2.41. The molecule has 0 amide bonds. The van der Waals surface area contributed by atoms with Gasteiger partial charge in [0, 0.05) is 12.6 Å². The number of hydrogen-bond acceptors (Lipinski definition) is 3. The van der Waals surface area contributed by atoms with Crippen molar-refractivity contribution in [1.82, 2.24) is 4.83 Å². The Hall–Kier alpha value is -2.14. The largest absolute Gasteiger partial charge is 0.276 e. The lowest BCUT2D eigenvalue weighted by molar-refractivity contribution is 0.584. The summed E-state index contributed by atoms with van der Waals surface area (Å²) in [6, 6.07) is 16.3. The summed E-state index contributed by atoms with van der Waals surface area (Å²) in [6.07, 6.45) is 2.12. The first-order chi connectivity index (χ1) is 9.58. The number of nitrogens with one attached hydrogen (secondary N) is 1. The van der Waals surface area contributed by atoms with Crippen LogP contribution >= 0.6 is 0 Å². The lowest BCUT2D eigenvalue weighted by atomic mass is 10.2. The molecule has 0 aliphatic rings. The minimum absolute atomic E-state index is 0.208. The monoisotopic (exact) mass is 288 g/mol. The van der Waals surface area contributed by atoms with Crippen LogP contribution in [0.2, 0.25) is 0 Å². The van der Waals surface area contributed by atoms with Gasteiger partial charge in [-0.25, -0.2) is 4.83 Å². The Morgan fingerprint density at radius 1 is 1.05 bits per heavy atom. The number of rotatable bonds is 5. The Kier molecular flexibility index (Phi) is 4.53. The maximum absolute atomic E-state index is 11.9. The predicted molar refractivity (Wildman–Crippen MR) is 80.1 cm³/mol. The number of nitrogens with zero attached hydrogens (tertiary/aromatic N) is 1. The molecule has 104 valence electrons. The molecule has 0 aromatic heterocycles. The molecule has 0 atom stereocenters. The molecule has 2 aromatic rings. The quantitative estimate of drug-likeness (QED) is 0.679. The first-order valence-corrected chi connectivity index (χ1v) is 7.70. The molecule has 0 bridgehead atoms. The van der Waals surface area contributed by atoms with E-state index >= 15 is 0 Å². The van der Waals surface area contributed by atoms with Crippen LogP contribution in [0.15, 0.2) is 64.6 Å². The average molecular weight is 288 g/mol. The minimum atomic E-state index is -3.58. The fourth-order valence-corrected chi connectivity index (χ4v) is 2.46. The summed E-state index contributed by atoms with van der Waals surface area (Å²) in [5, 5.41) is 3.77. The van der Waals surface area contributed by atoms with Crippen molar-refractivity contribution in [1.29, 1.82) is 0 Å². The molecule has 5 heteroatoms. The second-order valence-electron chi connectivity index (χ2n) is 4.41. The van der Waals surface area contributed by atoms with Gasteiger partial charge in [-0.2, -0.15) is 13.5 Å². The first kappa shape index (κ1) is 14.3. The van der Waals surface area contributed by atoms with Gasteiger partial charge in [0.2, 0.25) is 0 Å². The average Bonchev–Trinajstić information content (AvgIpc) is 2.45. The van der Waals surface area contributed by atoms with E-state index in [1.165, 1.54) is 0 Å². The van der Waals surface area contributed by atoms with Gasteiger partial charge in [-0.1, -0.05) is 48.0 Å². The summed E-state index contributed by atoms with van der Waals surface area (Å²) in [5.41, 5.74) is 2.09. The lowest BCUT2D eigenvalue weighted by Gasteiger charge is -2.03. The van der Waals surface area contributed by atoms with Gasteiger partial charge in [-0.05, 0) is 24.6 Å². The second kappa shape index (κ2) is 6.34. The van der Waals surface area contributed by atoms with E-state index in [1.807, 2.05) is 37.3 Å². The van der Waals surface area contributed by atoms with Crippen molar-refractivity contribution in [2.24, 2.45) is 5.10 Å². The van der Waals surface area contributed by atoms with E-state index in [9.17, 15) is 8.42 Å². The van der Waals surface area contributed by atoms with Crippen molar-refractivity contribution in [3.63, 3.8) is 0 Å². The van der Waals surface area contributed by atoms with Crippen LogP contribution in [0.5, 0.6) is 0 Å². The van der Waals surface area contributed by atoms with Gasteiger partial charge < -0.3 is 0 Å². The van der Waals surface area contributed by atoms with E-state index in [4.69, 9.17) is 0 Å². The van der Waals surface area contributed by atoms with Crippen LogP contribution in [0.3, 0.4) is 0 Å². The third-order valence-corrected chi connectivity index (χ3v) is 4.00. The molecule has 0 fully saturated rings. The highest BCUT2D eigenvalue weighted by molar-refractivity contribution is 7.89. The van der Waals surface area contributed by atoms with E-state index in [-0.39, 0.29) is 4.90 Å². The molecule has 0 aliphatic heterocycles. The van der Waals surface area contributed by atoms with Crippen molar-refractivity contribution in [3.05, 3.63) is 65.7 Å². The standard InChI is InChI=1S/C15H16N2O2S/c1-13-7-9-15(10-8-13)20(18,19)17-16-12-11-14-5-3-2-4-6-14/h2-10,12,17H,11H2,1H3/b16-12-. The van der Waals surface area contributed by atoms with Crippen molar-refractivity contribution in [2.75, 3.05) is 0 Å². The normalized spacial score (nSPS) is 11.7. The van der Waals surface area contributed by atoms with E-state index in [1.54, 1.807) is 30.5 Å². The van der Waals surface area contributed by atoms with Crippen molar-refractivity contribution in [2.45, 2.75) is 18.2 Å². The van der Waals surface area contributed by atoms with Gasteiger partial charge >= 0.3 is 0 Å². The highest BCUT2D eigenvalue weighted by Gasteiger charge is 2.11. The molecule has 0 radical (unpaired) electrons. The third kappa shape index (κ3) is 3.93. The Labute approximate surface area is 119 Å². The summed E-state index contributed by atoms with van der Waals surface area (Å²) >= 11 is 0. The Bertz CT molecular complexity index is 678. The Morgan fingerprint density at radius 2 is 1.70 bits per heavy atom. The maximum atomic E-state index is 11.9. The number of hydrogen-bond donors (Lipinski definition) is 1. The highest BCUT2D eigenvalue weighted by Crippen LogP contribution is 2.09. The molecule has 2 rings (SSSR count). The maximum Gasteiger partial charge on any atom is 0.276 e. The van der Waals surface area contributed by atoms with E-state index < -0.39 is 10.0 Å². The zero-order valence-electron chi connectivity index (χ0n) is 11.2. The molecule has 0 saturated carbocycles. The molecule has 4 nitrogen and oxygen atoms in total. The summed E-state index contributed by atoms with van der Waals surface area (Å²) < 4.78 is 23.9. The Balaban J connectivity index is 1.97. The Morgan fingerprint density at radius 3 is 2.35 bits per heavy atom. The van der Waals surface area contributed by atoms with Gasteiger partial charge in [-0.3, -0.25) is 0 Å². The van der Waals surface area contributed by atoms with Crippen LogP contribution in [0, 0.1) is 6.92 Å². The summed E-state index contributed by atoms with van der Waals surface area (Å²) in [7, 11) is -3.58. The smallest absolute Gasteiger partial charge is 0.200 e. The van der Waals surface area contributed by atoms with E-state index in [2.05, 4.69) is 9.93 Å². The lowest BCUT2D eigenvalue weighted by Crippen LogP contribution is -2.18. The zero-order chi connectivity index (χ0) is 14.4. The molecular formula is C15H16N2O2S. The second-order valence-corrected chi connectivity index (χ2v) is 6.07. The van der Waals surface area contributed by atoms with Crippen LogP contribution in [0.25, 0.3) is 0 Å². The zero-order valence-corrected chi connectivity index (χ0v) is 12.0. The summed E-state index contributed by atoms with van der Waals surface area (Å²) in [6.45, 7) is 1.90. The van der Waals surface area contributed by atoms with Gasteiger partial charge in [0.25, 0.3) is 10.0 Å². The molecule has 0 spiro atoms. The number of aryl methyl sites for hydroxylation is 1. The molecule has 0 saturated heterocycles. The van der Waals surface area contributed by atoms with Gasteiger partial charge in [-0.15, -0.1) is 0 Å². The van der Waals surface area contributed by atoms with Gasteiger partial charge in [0.1, 0.15) is 0 Å². The van der Waals surface area contributed by atoms with Gasteiger partial charge in [0.05, 0.1) is 4.90 Å². The molecule has 0 heterocycles. The first-order valence-electron chi connectivity index (χ1n) is 6.22. The van der Waals surface area contributed by atoms with Crippen molar-refractivity contribution < 1.29 is 8.42 Å². The number of sulfonamides is 1. The van der Waals surface area contributed by atoms with Gasteiger partial charge in [0.15, 0.2) is 0 Å². The van der Waals surface area contributed by atoms with Crippen molar-refractivity contribution >= 4 is 16.2 Å². The fraction of sp³-hybridized carbons (Fsp3) is 0.133. The molecular weight excluding hydrogens is 272 g/mol. The van der Waals surface area contributed by atoms with Crippen LogP contribution < -0.4 is 4.83 Å². The molecule has 0 aliphatic carbocycles. The van der Waals surface area contributed by atoms with E-state index in [0.717, 1.165) is 11.1 Å². The minimum Gasteiger partial charge on any atom is -0.200 e. The summed E-state index contributed by atoms with van der Waals surface area (Å²) in [5.74, 6) is 0. The number of benzene rings is 2. The molecule has 1 N–H and O–H groups in total. The predicted octanol–water partition coefficient (Wildman–Crippen LogP) is 2.50. The van der Waals surface area contributed by atoms with Crippen LogP contribution in [-0.4, -0.2) is 14.6 Å². The van der Waals surface area contributed by atoms with Crippen LogP contribution in [0.1, 0.15) is 11.1 Å². The number of hydrazone groups is 1. The molecule has 0 unspecified atom stereocenters.